The van der Waals surface area contributed by atoms with Gasteiger partial charge in [-0.3, -0.25) is 9.48 Å². The van der Waals surface area contributed by atoms with Crippen LogP contribution in [0.1, 0.15) is 57.7 Å². The highest BCUT2D eigenvalue weighted by atomic mass is 16.5. The van der Waals surface area contributed by atoms with E-state index in [1.807, 2.05) is 16.9 Å². The molecule has 4 nitrogen and oxygen atoms in total. The fraction of sp³-hybridized carbons (Fsp3) is 0.714. The van der Waals surface area contributed by atoms with E-state index in [1.54, 1.807) is 0 Å². The molecule has 1 heterocycles. The van der Waals surface area contributed by atoms with E-state index in [-0.39, 0.29) is 18.5 Å². The van der Waals surface area contributed by atoms with Crippen LogP contribution in [-0.2, 0) is 16.0 Å². The first-order valence-electron chi connectivity index (χ1n) is 6.88. The van der Waals surface area contributed by atoms with Gasteiger partial charge in [0.2, 0.25) is 0 Å². The van der Waals surface area contributed by atoms with E-state index in [4.69, 9.17) is 4.74 Å². The van der Waals surface area contributed by atoms with Crippen LogP contribution in [0.25, 0.3) is 0 Å². The third-order valence-electron chi connectivity index (χ3n) is 3.37. The quantitative estimate of drug-likeness (QED) is 0.772. The fourth-order valence-electron chi connectivity index (χ4n) is 2.32. The van der Waals surface area contributed by atoms with Crippen molar-refractivity contribution in [1.82, 2.24) is 9.78 Å². The summed E-state index contributed by atoms with van der Waals surface area (Å²) in [5.41, 5.74) is 0.796. The summed E-state index contributed by atoms with van der Waals surface area (Å²) in [7, 11) is 0. The molecule has 0 unspecified atom stereocenters. The highest BCUT2D eigenvalue weighted by molar-refractivity contribution is 5.72. The number of rotatable bonds is 4. The van der Waals surface area contributed by atoms with E-state index < -0.39 is 0 Å². The Morgan fingerprint density at radius 1 is 1.44 bits per heavy atom. The molecule has 0 atom stereocenters. The number of hydrogen-bond acceptors (Lipinski definition) is 3. The summed E-state index contributed by atoms with van der Waals surface area (Å²) in [6, 6.07) is 2.22. The van der Waals surface area contributed by atoms with Crippen LogP contribution in [0.15, 0.2) is 12.3 Å². The molecule has 0 radical (unpaired) electrons. The number of carbonyl (C=O) groups excluding carboxylic acids is 1. The average molecular weight is 250 g/mol. The lowest BCUT2D eigenvalue weighted by atomic mass is 9.98. The van der Waals surface area contributed by atoms with Crippen molar-refractivity contribution in [3.63, 3.8) is 0 Å². The van der Waals surface area contributed by atoms with E-state index in [1.165, 1.54) is 19.3 Å². The molecule has 1 aliphatic rings. The summed E-state index contributed by atoms with van der Waals surface area (Å²) in [5, 5.41) is 4.36. The molecule has 100 valence electrons. The third-order valence-corrected chi connectivity index (χ3v) is 3.37. The molecule has 1 aromatic rings. The Morgan fingerprint density at radius 3 is 2.78 bits per heavy atom. The monoisotopic (exact) mass is 250 g/mol. The second-order valence-electron chi connectivity index (χ2n) is 5.31. The molecular weight excluding hydrogens is 228 g/mol. The minimum atomic E-state index is -0.143. The molecule has 1 saturated carbocycles. The Bertz CT molecular complexity index is 392. The Morgan fingerprint density at radius 2 is 2.17 bits per heavy atom. The molecule has 0 N–H and O–H groups in total. The van der Waals surface area contributed by atoms with Gasteiger partial charge in [0, 0.05) is 12.2 Å². The SMILES string of the molecule is CC(C)n1ccc(CC(=O)OC2CCCCC2)n1. The lowest BCUT2D eigenvalue weighted by Crippen LogP contribution is -2.22. The maximum Gasteiger partial charge on any atom is 0.312 e. The minimum Gasteiger partial charge on any atom is -0.462 e. The summed E-state index contributed by atoms with van der Waals surface area (Å²) in [5.74, 6) is -0.143. The smallest absolute Gasteiger partial charge is 0.312 e. The molecule has 0 aromatic carbocycles. The summed E-state index contributed by atoms with van der Waals surface area (Å²) in [6.45, 7) is 4.13. The molecule has 2 rings (SSSR count). The summed E-state index contributed by atoms with van der Waals surface area (Å²) >= 11 is 0. The molecule has 1 fully saturated rings. The predicted molar refractivity (Wildman–Crippen MR) is 69.3 cm³/mol. The molecule has 0 amide bonds. The van der Waals surface area contributed by atoms with Gasteiger partial charge in [-0.2, -0.15) is 5.10 Å². The van der Waals surface area contributed by atoms with Crippen molar-refractivity contribution >= 4 is 5.97 Å². The lowest BCUT2D eigenvalue weighted by Gasteiger charge is -2.21. The van der Waals surface area contributed by atoms with Gasteiger partial charge < -0.3 is 4.74 Å². The van der Waals surface area contributed by atoms with Crippen molar-refractivity contribution in [2.45, 2.75) is 64.5 Å². The highest BCUT2D eigenvalue weighted by Gasteiger charge is 2.18. The number of aromatic nitrogens is 2. The van der Waals surface area contributed by atoms with Crippen molar-refractivity contribution < 1.29 is 9.53 Å². The second kappa shape index (κ2) is 6.03. The molecule has 0 saturated heterocycles. The molecule has 1 aromatic heterocycles. The standard InChI is InChI=1S/C14H22N2O2/c1-11(2)16-9-8-12(15-16)10-14(17)18-13-6-4-3-5-7-13/h8-9,11,13H,3-7,10H2,1-2H3. The highest BCUT2D eigenvalue weighted by Crippen LogP contribution is 2.20. The topological polar surface area (TPSA) is 44.1 Å². The Kier molecular flexibility index (Phi) is 4.39. The van der Waals surface area contributed by atoms with Crippen molar-refractivity contribution in [1.29, 1.82) is 0 Å². The first-order valence-corrected chi connectivity index (χ1v) is 6.88. The van der Waals surface area contributed by atoms with Crippen LogP contribution >= 0.6 is 0 Å². The first kappa shape index (κ1) is 13.1. The molecule has 0 spiro atoms. The van der Waals surface area contributed by atoms with Crippen molar-refractivity contribution in [2.24, 2.45) is 0 Å². The van der Waals surface area contributed by atoms with E-state index in [9.17, 15) is 4.79 Å². The van der Waals surface area contributed by atoms with E-state index in [2.05, 4.69) is 18.9 Å². The van der Waals surface area contributed by atoms with Gasteiger partial charge in [0.15, 0.2) is 0 Å². The molecule has 0 aliphatic heterocycles. The molecular formula is C14H22N2O2. The van der Waals surface area contributed by atoms with Crippen LogP contribution < -0.4 is 0 Å². The number of nitrogens with zero attached hydrogens (tertiary/aromatic N) is 2. The van der Waals surface area contributed by atoms with Crippen molar-refractivity contribution in [3.05, 3.63) is 18.0 Å². The molecule has 4 heteroatoms. The van der Waals surface area contributed by atoms with Crippen molar-refractivity contribution in [2.75, 3.05) is 0 Å². The van der Waals surface area contributed by atoms with Gasteiger partial charge in [0.25, 0.3) is 0 Å². The number of ether oxygens (including phenoxy) is 1. The van der Waals surface area contributed by atoms with Gasteiger partial charge >= 0.3 is 5.97 Å². The van der Waals surface area contributed by atoms with Gasteiger partial charge in [-0.05, 0) is 45.6 Å². The van der Waals surface area contributed by atoms with Gasteiger partial charge in [0.1, 0.15) is 6.10 Å². The number of esters is 1. The summed E-state index contributed by atoms with van der Waals surface area (Å²) < 4.78 is 7.34. The van der Waals surface area contributed by atoms with E-state index in [0.717, 1.165) is 18.5 Å². The molecule has 0 bridgehead atoms. The van der Waals surface area contributed by atoms with Crippen LogP contribution in [-0.4, -0.2) is 21.9 Å². The van der Waals surface area contributed by atoms with Crippen LogP contribution in [0.5, 0.6) is 0 Å². The second-order valence-corrected chi connectivity index (χ2v) is 5.31. The maximum absolute atomic E-state index is 11.8. The maximum atomic E-state index is 11.8. The van der Waals surface area contributed by atoms with Crippen molar-refractivity contribution in [3.8, 4) is 0 Å². The summed E-state index contributed by atoms with van der Waals surface area (Å²) in [4.78, 5) is 11.8. The Hall–Kier alpha value is -1.32. The zero-order valence-electron chi connectivity index (χ0n) is 11.3. The van der Waals surface area contributed by atoms with Crippen LogP contribution in [0.2, 0.25) is 0 Å². The van der Waals surface area contributed by atoms with Gasteiger partial charge in [-0.1, -0.05) is 6.42 Å². The molecule has 1 aliphatic carbocycles. The van der Waals surface area contributed by atoms with Gasteiger partial charge in [-0.25, -0.2) is 0 Å². The fourth-order valence-corrected chi connectivity index (χ4v) is 2.32. The predicted octanol–water partition coefficient (Wildman–Crippen LogP) is 2.88. The third kappa shape index (κ3) is 3.59. The lowest BCUT2D eigenvalue weighted by molar-refractivity contribution is -0.149. The van der Waals surface area contributed by atoms with Crippen LogP contribution in [0.3, 0.4) is 0 Å². The summed E-state index contributed by atoms with van der Waals surface area (Å²) in [6.07, 6.45) is 8.01. The number of carbonyl (C=O) groups is 1. The van der Waals surface area contributed by atoms with Gasteiger partial charge in [0.05, 0.1) is 12.1 Å². The van der Waals surface area contributed by atoms with Gasteiger partial charge in [-0.15, -0.1) is 0 Å². The average Bonchev–Trinajstić information content (AvgIpc) is 2.78. The van der Waals surface area contributed by atoms with E-state index >= 15 is 0 Å². The minimum absolute atomic E-state index is 0.137. The zero-order valence-corrected chi connectivity index (χ0v) is 11.3. The first-order chi connectivity index (χ1) is 8.65. The zero-order chi connectivity index (χ0) is 13.0. The van der Waals surface area contributed by atoms with Crippen LogP contribution in [0, 0.1) is 0 Å². The normalized spacial score (nSPS) is 17.1. The number of hydrogen-bond donors (Lipinski definition) is 0. The Labute approximate surface area is 108 Å². The largest absolute Gasteiger partial charge is 0.462 e. The molecule has 18 heavy (non-hydrogen) atoms. The van der Waals surface area contributed by atoms with Crippen LogP contribution in [0.4, 0.5) is 0 Å². The van der Waals surface area contributed by atoms with E-state index in [0.29, 0.717) is 6.04 Å². The Balaban J connectivity index is 1.82.